The Bertz CT molecular complexity index is 919. The van der Waals surface area contributed by atoms with E-state index >= 15 is 0 Å². The lowest BCUT2D eigenvalue weighted by molar-refractivity contribution is -0.133. The van der Waals surface area contributed by atoms with Crippen molar-refractivity contribution < 1.29 is 19.1 Å². The van der Waals surface area contributed by atoms with Crippen LogP contribution in [0.15, 0.2) is 30.9 Å². The standard InChI is InChI=1S/C20H23N5O4/c1-13(25-12-21-11-22-25)8-19(27)24-6-4-14(5-7-24)20(28)15-2-3-17-16(9-15)23-18(26)10-29-17/h2-3,9,11-14H,4-8,10H2,1H3,(H,23,26)/t13-/m0/s1. The summed E-state index contributed by atoms with van der Waals surface area (Å²) in [5.41, 5.74) is 1.08. The van der Waals surface area contributed by atoms with Crippen molar-refractivity contribution in [2.45, 2.75) is 32.2 Å². The number of likely N-dealkylation sites (tertiary alicyclic amines) is 1. The average molecular weight is 397 g/mol. The van der Waals surface area contributed by atoms with Gasteiger partial charge in [-0.25, -0.2) is 9.67 Å². The van der Waals surface area contributed by atoms with Gasteiger partial charge < -0.3 is 15.0 Å². The van der Waals surface area contributed by atoms with Gasteiger partial charge in [0.15, 0.2) is 12.4 Å². The Labute approximate surface area is 168 Å². The number of fused-ring (bicyclic) bond motifs is 1. The van der Waals surface area contributed by atoms with E-state index in [0.29, 0.717) is 49.4 Å². The van der Waals surface area contributed by atoms with Crippen molar-refractivity contribution in [2.24, 2.45) is 5.92 Å². The van der Waals surface area contributed by atoms with Crippen molar-refractivity contribution in [1.29, 1.82) is 0 Å². The molecule has 3 heterocycles. The molecule has 0 unspecified atom stereocenters. The Morgan fingerprint density at radius 3 is 2.83 bits per heavy atom. The summed E-state index contributed by atoms with van der Waals surface area (Å²) in [7, 11) is 0. The van der Waals surface area contributed by atoms with Crippen LogP contribution in [0.2, 0.25) is 0 Å². The van der Waals surface area contributed by atoms with E-state index in [9.17, 15) is 14.4 Å². The van der Waals surface area contributed by atoms with Gasteiger partial charge in [0.25, 0.3) is 5.91 Å². The number of hydrogen-bond donors (Lipinski definition) is 1. The molecular formula is C20H23N5O4. The van der Waals surface area contributed by atoms with Crippen molar-refractivity contribution in [3.8, 4) is 5.75 Å². The van der Waals surface area contributed by atoms with Crippen LogP contribution in [0.3, 0.4) is 0 Å². The number of rotatable bonds is 5. The Morgan fingerprint density at radius 2 is 2.10 bits per heavy atom. The van der Waals surface area contributed by atoms with Gasteiger partial charge in [0.1, 0.15) is 18.4 Å². The highest BCUT2D eigenvalue weighted by atomic mass is 16.5. The van der Waals surface area contributed by atoms with Crippen LogP contribution in [0.25, 0.3) is 0 Å². The van der Waals surface area contributed by atoms with Gasteiger partial charge in [-0.15, -0.1) is 0 Å². The van der Waals surface area contributed by atoms with E-state index in [1.807, 2.05) is 11.8 Å². The topological polar surface area (TPSA) is 106 Å². The van der Waals surface area contributed by atoms with Crippen molar-refractivity contribution in [3.63, 3.8) is 0 Å². The van der Waals surface area contributed by atoms with Gasteiger partial charge in [-0.1, -0.05) is 0 Å². The Morgan fingerprint density at radius 1 is 1.31 bits per heavy atom. The molecule has 0 radical (unpaired) electrons. The van der Waals surface area contributed by atoms with Gasteiger partial charge in [0.05, 0.1) is 11.7 Å². The number of nitrogens with zero attached hydrogens (tertiary/aromatic N) is 4. The van der Waals surface area contributed by atoms with Gasteiger partial charge in [0.2, 0.25) is 5.91 Å². The first-order valence-electron chi connectivity index (χ1n) is 9.74. The molecule has 1 aromatic heterocycles. The molecule has 1 saturated heterocycles. The second-order valence-corrected chi connectivity index (χ2v) is 7.50. The van der Waals surface area contributed by atoms with Crippen molar-refractivity contribution in [3.05, 3.63) is 36.4 Å². The van der Waals surface area contributed by atoms with Crippen LogP contribution in [-0.2, 0) is 9.59 Å². The molecule has 9 nitrogen and oxygen atoms in total. The average Bonchev–Trinajstić information content (AvgIpc) is 3.28. The molecule has 4 rings (SSSR count). The summed E-state index contributed by atoms with van der Waals surface area (Å²) in [5, 5.41) is 6.80. The van der Waals surface area contributed by atoms with Crippen molar-refractivity contribution in [2.75, 3.05) is 25.0 Å². The zero-order chi connectivity index (χ0) is 20.4. The number of ether oxygens (including phenoxy) is 1. The summed E-state index contributed by atoms with van der Waals surface area (Å²) in [6, 6.07) is 5.06. The first kappa shape index (κ1) is 19.1. The maximum absolute atomic E-state index is 12.9. The molecule has 2 aliphatic rings. The first-order chi connectivity index (χ1) is 14.0. The maximum atomic E-state index is 12.9. The number of benzene rings is 1. The fourth-order valence-corrected chi connectivity index (χ4v) is 3.78. The molecule has 1 fully saturated rings. The van der Waals surface area contributed by atoms with Gasteiger partial charge in [-0.05, 0) is 38.0 Å². The van der Waals surface area contributed by atoms with E-state index in [1.165, 1.54) is 6.33 Å². The Hall–Kier alpha value is -3.23. The lowest BCUT2D eigenvalue weighted by Crippen LogP contribution is -2.41. The van der Waals surface area contributed by atoms with E-state index < -0.39 is 0 Å². The number of Topliss-reactive ketones (excluding diaryl/α,β-unsaturated/α-hetero) is 1. The smallest absolute Gasteiger partial charge is 0.262 e. The van der Waals surface area contributed by atoms with E-state index in [2.05, 4.69) is 15.4 Å². The third kappa shape index (κ3) is 4.13. The molecule has 1 atom stereocenters. The molecule has 2 aromatic rings. The molecule has 0 saturated carbocycles. The zero-order valence-electron chi connectivity index (χ0n) is 16.2. The van der Waals surface area contributed by atoms with Crippen LogP contribution in [0.5, 0.6) is 5.75 Å². The summed E-state index contributed by atoms with van der Waals surface area (Å²) in [6.07, 6.45) is 4.67. The SMILES string of the molecule is C[C@@H](CC(=O)N1CCC(C(=O)c2ccc3c(c2)NC(=O)CO3)CC1)n1cncn1. The molecule has 1 aromatic carbocycles. The summed E-state index contributed by atoms with van der Waals surface area (Å²) < 4.78 is 7.01. The lowest BCUT2D eigenvalue weighted by atomic mass is 9.88. The van der Waals surface area contributed by atoms with E-state index in [-0.39, 0.29) is 36.2 Å². The van der Waals surface area contributed by atoms with E-state index in [4.69, 9.17) is 4.74 Å². The maximum Gasteiger partial charge on any atom is 0.262 e. The highest BCUT2D eigenvalue weighted by molar-refractivity contribution is 6.01. The number of ketones is 1. The van der Waals surface area contributed by atoms with Crippen LogP contribution in [0.4, 0.5) is 5.69 Å². The normalized spacial score (nSPS) is 17.8. The summed E-state index contributed by atoms with van der Waals surface area (Å²) in [6.45, 7) is 3.04. The van der Waals surface area contributed by atoms with E-state index in [0.717, 1.165) is 0 Å². The minimum Gasteiger partial charge on any atom is -0.482 e. The highest BCUT2D eigenvalue weighted by Gasteiger charge is 2.29. The minimum atomic E-state index is -0.228. The molecule has 0 spiro atoms. The minimum absolute atomic E-state index is 0.0116. The fraction of sp³-hybridized carbons (Fsp3) is 0.450. The fourth-order valence-electron chi connectivity index (χ4n) is 3.78. The van der Waals surface area contributed by atoms with Crippen LogP contribution >= 0.6 is 0 Å². The molecule has 9 heteroatoms. The zero-order valence-corrected chi connectivity index (χ0v) is 16.2. The first-order valence-corrected chi connectivity index (χ1v) is 9.74. The number of hydrogen-bond acceptors (Lipinski definition) is 6. The third-order valence-electron chi connectivity index (χ3n) is 5.47. The number of anilines is 1. The summed E-state index contributed by atoms with van der Waals surface area (Å²) in [4.78, 5) is 42.7. The predicted octanol–water partition coefficient (Wildman–Crippen LogP) is 1.68. The van der Waals surface area contributed by atoms with Gasteiger partial charge >= 0.3 is 0 Å². The molecule has 152 valence electrons. The quantitative estimate of drug-likeness (QED) is 0.770. The molecule has 0 bridgehead atoms. The van der Waals surface area contributed by atoms with Crippen LogP contribution in [-0.4, -0.2) is 57.0 Å². The molecule has 2 amide bonds. The molecule has 2 aliphatic heterocycles. The summed E-state index contributed by atoms with van der Waals surface area (Å²) >= 11 is 0. The summed E-state index contributed by atoms with van der Waals surface area (Å²) in [5.74, 6) is 0.311. The largest absolute Gasteiger partial charge is 0.482 e. The number of nitrogens with one attached hydrogen (secondary N) is 1. The Kier molecular flexibility index (Phi) is 5.28. The second-order valence-electron chi connectivity index (χ2n) is 7.50. The van der Waals surface area contributed by atoms with Gasteiger partial charge in [-0.2, -0.15) is 5.10 Å². The molecule has 1 N–H and O–H groups in total. The molecule has 29 heavy (non-hydrogen) atoms. The van der Waals surface area contributed by atoms with Crippen LogP contribution in [0, 0.1) is 5.92 Å². The van der Waals surface area contributed by atoms with E-state index in [1.54, 1.807) is 29.2 Å². The number of carbonyl (C=O) groups is 3. The van der Waals surface area contributed by atoms with Crippen LogP contribution in [0.1, 0.15) is 42.6 Å². The number of piperidine rings is 1. The van der Waals surface area contributed by atoms with Gasteiger partial charge in [0, 0.05) is 31.0 Å². The number of amides is 2. The van der Waals surface area contributed by atoms with Crippen molar-refractivity contribution in [1.82, 2.24) is 19.7 Å². The highest BCUT2D eigenvalue weighted by Crippen LogP contribution is 2.31. The monoisotopic (exact) mass is 397 g/mol. The van der Waals surface area contributed by atoms with Crippen LogP contribution < -0.4 is 10.1 Å². The second kappa shape index (κ2) is 8.02. The number of carbonyl (C=O) groups excluding carboxylic acids is 3. The predicted molar refractivity (Wildman–Crippen MR) is 104 cm³/mol. The lowest BCUT2D eigenvalue weighted by Gasteiger charge is -2.32. The van der Waals surface area contributed by atoms with Gasteiger partial charge in [-0.3, -0.25) is 14.4 Å². The number of aromatic nitrogens is 3. The third-order valence-corrected chi connectivity index (χ3v) is 5.47. The Balaban J connectivity index is 1.33. The molecular weight excluding hydrogens is 374 g/mol. The van der Waals surface area contributed by atoms with Crippen molar-refractivity contribution >= 4 is 23.3 Å². The molecule has 0 aliphatic carbocycles.